The molecule has 0 aliphatic carbocycles. The van der Waals surface area contributed by atoms with Crippen molar-refractivity contribution < 1.29 is 10.3 Å². The molecule has 3 N–H and O–H groups in total. The molecule has 0 saturated heterocycles. The summed E-state index contributed by atoms with van der Waals surface area (Å²) in [7, 11) is 3.56. The fourth-order valence-corrected chi connectivity index (χ4v) is 5.20. The number of pyridine rings is 1. The van der Waals surface area contributed by atoms with Gasteiger partial charge in [-0.3, -0.25) is 9.79 Å². The highest BCUT2D eigenvalue weighted by Gasteiger charge is 2.38. The lowest BCUT2D eigenvalue weighted by atomic mass is 9.90. The Morgan fingerprint density at radius 1 is 1.14 bits per heavy atom. The monoisotopic (exact) mass is 486 g/mol. The van der Waals surface area contributed by atoms with E-state index in [-0.39, 0.29) is 5.56 Å². The first kappa shape index (κ1) is 23.6. The van der Waals surface area contributed by atoms with Crippen LogP contribution in [0, 0.1) is 0 Å². The van der Waals surface area contributed by atoms with Crippen LogP contribution < -0.4 is 5.56 Å². The van der Waals surface area contributed by atoms with Gasteiger partial charge in [-0.2, -0.15) is 4.73 Å². The van der Waals surface area contributed by atoms with Gasteiger partial charge < -0.3 is 24.4 Å². The van der Waals surface area contributed by atoms with E-state index in [0.29, 0.717) is 11.3 Å². The van der Waals surface area contributed by atoms with Crippen LogP contribution in [0.2, 0.25) is 0 Å². The topological polar surface area (TPSA) is 113 Å². The second-order valence-electron chi connectivity index (χ2n) is 9.90. The summed E-state index contributed by atoms with van der Waals surface area (Å²) in [6.07, 6.45) is 8.54. The summed E-state index contributed by atoms with van der Waals surface area (Å²) in [5.74, 6) is 0.412. The molecule has 0 radical (unpaired) electrons. The molecular formula is C27H30N6O3. The molecule has 9 nitrogen and oxygen atoms in total. The number of hydrogen-bond donors (Lipinski definition) is 3. The summed E-state index contributed by atoms with van der Waals surface area (Å²) in [6, 6.07) is 7.88. The summed E-state index contributed by atoms with van der Waals surface area (Å²) < 4.78 is 4.85. The molecule has 5 rings (SSSR count). The third kappa shape index (κ3) is 3.30. The summed E-state index contributed by atoms with van der Waals surface area (Å²) in [6.45, 7) is 7.38. The van der Waals surface area contributed by atoms with E-state index < -0.39 is 11.1 Å². The highest BCUT2D eigenvalue weighted by atomic mass is 16.5. The van der Waals surface area contributed by atoms with Gasteiger partial charge in [0.1, 0.15) is 11.1 Å². The van der Waals surface area contributed by atoms with Gasteiger partial charge in [0.25, 0.3) is 5.56 Å². The molecule has 0 amide bonds. The van der Waals surface area contributed by atoms with Crippen molar-refractivity contribution in [3.05, 3.63) is 77.0 Å². The summed E-state index contributed by atoms with van der Waals surface area (Å²) >= 11 is 0. The Hall–Kier alpha value is -4.11. The van der Waals surface area contributed by atoms with Crippen molar-refractivity contribution in [3.8, 4) is 11.1 Å². The van der Waals surface area contributed by atoms with Crippen LogP contribution in [0.1, 0.15) is 39.1 Å². The number of aryl methyl sites for hydroxylation is 1. The van der Waals surface area contributed by atoms with Crippen molar-refractivity contribution >= 4 is 27.5 Å². The van der Waals surface area contributed by atoms with E-state index in [1.54, 1.807) is 33.3 Å². The zero-order valence-electron chi connectivity index (χ0n) is 21.2. The van der Waals surface area contributed by atoms with Gasteiger partial charge in [0.05, 0.1) is 17.3 Å². The van der Waals surface area contributed by atoms with Crippen LogP contribution in [-0.4, -0.2) is 46.9 Å². The average molecular weight is 487 g/mol. The number of aromatic nitrogens is 5. The van der Waals surface area contributed by atoms with E-state index in [9.17, 15) is 15.1 Å². The Balaban J connectivity index is 1.89. The van der Waals surface area contributed by atoms with Crippen molar-refractivity contribution in [1.29, 1.82) is 0 Å². The smallest absolute Gasteiger partial charge is 0.272 e. The van der Waals surface area contributed by atoms with Gasteiger partial charge in [-0.15, -0.1) is 0 Å². The number of benzene rings is 1. The molecular weight excluding hydrogens is 456 g/mol. The molecule has 4 aromatic heterocycles. The van der Waals surface area contributed by atoms with E-state index in [0.717, 1.165) is 43.4 Å². The number of nitrogens with zero attached hydrogens (tertiary/aromatic N) is 5. The molecule has 186 valence electrons. The Labute approximate surface area is 207 Å². The third-order valence-electron chi connectivity index (χ3n) is 7.26. The maximum Gasteiger partial charge on any atom is 0.272 e. The van der Waals surface area contributed by atoms with E-state index in [4.69, 9.17) is 0 Å². The van der Waals surface area contributed by atoms with Crippen LogP contribution >= 0.6 is 0 Å². The van der Waals surface area contributed by atoms with E-state index in [2.05, 4.69) is 15.0 Å². The lowest BCUT2D eigenvalue weighted by molar-refractivity contribution is 0.0802. The van der Waals surface area contributed by atoms with Crippen LogP contribution in [0.4, 0.5) is 0 Å². The van der Waals surface area contributed by atoms with Crippen LogP contribution in [0.15, 0.2) is 65.0 Å². The van der Waals surface area contributed by atoms with Gasteiger partial charge in [0, 0.05) is 60.9 Å². The Morgan fingerprint density at radius 2 is 1.89 bits per heavy atom. The summed E-state index contributed by atoms with van der Waals surface area (Å²) in [5, 5.41) is 23.4. The summed E-state index contributed by atoms with van der Waals surface area (Å²) in [5.41, 5.74) is 2.42. The minimum absolute atomic E-state index is 0.162. The Morgan fingerprint density at radius 3 is 2.53 bits per heavy atom. The molecule has 0 aliphatic rings. The normalized spacial score (nSPS) is 14.6. The highest BCUT2D eigenvalue weighted by molar-refractivity contribution is 6.00. The molecule has 36 heavy (non-hydrogen) atoms. The molecule has 9 heteroatoms. The van der Waals surface area contributed by atoms with Crippen molar-refractivity contribution in [2.45, 2.75) is 38.8 Å². The molecule has 0 fully saturated rings. The number of nitrogens with one attached hydrogen (secondary N) is 1. The average Bonchev–Trinajstić information content (AvgIpc) is 3.54. The van der Waals surface area contributed by atoms with Crippen LogP contribution in [0.25, 0.3) is 32.9 Å². The van der Waals surface area contributed by atoms with Gasteiger partial charge in [0.15, 0.2) is 5.82 Å². The van der Waals surface area contributed by atoms with Gasteiger partial charge in [0.2, 0.25) is 0 Å². The van der Waals surface area contributed by atoms with E-state index >= 15 is 0 Å². The molecule has 0 bridgehead atoms. The number of aromatic amines is 1. The first-order valence-electron chi connectivity index (χ1n) is 11.7. The number of H-pyrrole nitrogens is 1. The minimum Gasteiger partial charge on any atom is -0.427 e. The Kier molecular flexibility index (Phi) is 5.22. The summed E-state index contributed by atoms with van der Waals surface area (Å²) in [4.78, 5) is 24.2. The second kappa shape index (κ2) is 7.96. The molecule has 0 saturated carbocycles. The molecule has 4 heterocycles. The van der Waals surface area contributed by atoms with E-state index in [1.165, 1.54) is 6.20 Å². The van der Waals surface area contributed by atoms with Crippen molar-refractivity contribution in [2.75, 3.05) is 7.05 Å². The first-order valence-corrected chi connectivity index (χ1v) is 11.7. The predicted octanol–water partition coefficient (Wildman–Crippen LogP) is 4.00. The van der Waals surface area contributed by atoms with Crippen LogP contribution in [-0.2, 0) is 18.2 Å². The minimum atomic E-state index is -1.14. The van der Waals surface area contributed by atoms with Crippen molar-refractivity contribution in [2.24, 2.45) is 12.0 Å². The fraction of sp³-hybridized carbons (Fsp3) is 0.296. The quantitative estimate of drug-likeness (QED) is 0.257. The third-order valence-corrected chi connectivity index (χ3v) is 7.26. The number of aliphatic imine (C=N–C) groups is 1. The van der Waals surface area contributed by atoms with E-state index in [1.807, 2.05) is 66.7 Å². The van der Waals surface area contributed by atoms with Gasteiger partial charge in [-0.05, 0) is 63.1 Å². The number of hydrogen-bond acceptors (Lipinski definition) is 5. The largest absolute Gasteiger partial charge is 0.427 e. The highest BCUT2D eigenvalue weighted by Crippen LogP contribution is 2.39. The lowest BCUT2D eigenvalue weighted by Crippen LogP contribution is -2.41. The van der Waals surface area contributed by atoms with Crippen molar-refractivity contribution in [1.82, 2.24) is 23.8 Å². The van der Waals surface area contributed by atoms with Crippen LogP contribution in [0.5, 0.6) is 0 Å². The molecule has 0 aliphatic heterocycles. The van der Waals surface area contributed by atoms with Gasteiger partial charge in [-0.1, -0.05) is 0 Å². The first-order chi connectivity index (χ1) is 17.0. The molecule has 1 atom stereocenters. The molecule has 1 aromatic carbocycles. The lowest BCUT2D eigenvalue weighted by Gasteiger charge is -2.32. The molecule has 1 unspecified atom stereocenters. The fourth-order valence-electron chi connectivity index (χ4n) is 5.20. The molecule has 0 spiro atoms. The Bertz CT molecular complexity index is 1710. The standard InChI is InChI=1S/C27H30N6O3/c1-16(28-5)27(4,25-30-10-12-33(25)36)32-11-8-19-21(26(2,3)35)13-17(14-22(19)32)20-15-31(6)23-18(20)7-9-29-24(23)34/h7-15,35-36H,1-6H3,(H,29,34)/b28-16+. The van der Waals surface area contributed by atoms with Gasteiger partial charge >= 0.3 is 0 Å². The number of aliphatic hydroxyl groups is 1. The number of imidazole rings is 1. The zero-order valence-corrected chi connectivity index (χ0v) is 21.2. The SMILES string of the molecule is C/N=C(\C)C(C)(c1nccn1O)n1ccc2c(C(C)(C)O)cc(-c3cn(C)c4c(=O)[nH]ccc34)cc21. The maximum atomic E-state index is 12.5. The number of rotatable bonds is 5. The second-order valence-corrected chi connectivity index (χ2v) is 9.90. The van der Waals surface area contributed by atoms with Gasteiger partial charge in [-0.25, -0.2) is 4.98 Å². The zero-order chi connectivity index (χ0) is 26.0. The maximum absolute atomic E-state index is 12.5. The number of fused-ring (bicyclic) bond motifs is 2. The van der Waals surface area contributed by atoms with Crippen molar-refractivity contribution in [3.63, 3.8) is 0 Å². The predicted molar refractivity (Wildman–Crippen MR) is 141 cm³/mol. The molecule has 5 aromatic rings. The van der Waals surface area contributed by atoms with Crippen LogP contribution in [0.3, 0.4) is 0 Å².